The van der Waals surface area contributed by atoms with Crippen LogP contribution >= 0.6 is 11.3 Å². The van der Waals surface area contributed by atoms with Crippen molar-refractivity contribution < 1.29 is 4.74 Å². The van der Waals surface area contributed by atoms with Gasteiger partial charge in [0.1, 0.15) is 12.4 Å². The number of hydrogen-bond acceptors (Lipinski definition) is 4. The van der Waals surface area contributed by atoms with E-state index in [0.717, 1.165) is 55.9 Å². The van der Waals surface area contributed by atoms with Crippen LogP contribution in [-0.4, -0.2) is 20.6 Å². The molecular formula is C30H25N3O2S. The fourth-order valence-electron chi connectivity index (χ4n) is 4.89. The zero-order valence-corrected chi connectivity index (χ0v) is 20.8. The summed E-state index contributed by atoms with van der Waals surface area (Å²) >= 11 is 1.43. The third-order valence-corrected chi connectivity index (χ3v) is 7.58. The number of aromatic nitrogens is 3. The second-order valence-electron chi connectivity index (χ2n) is 8.75. The first kappa shape index (κ1) is 22.3. The van der Waals surface area contributed by atoms with E-state index >= 15 is 0 Å². The highest BCUT2D eigenvalue weighted by Gasteiger charge is 2.15. The molecule has 0 spiro atoms. The number of ether oxygens (including phenoxy) is 1. The molecule has 6 rings (SSSR count). The number of hydrogen-bond donors (Lipinski definition) is 0. The smallest absolute Gasteiger partial charge is 0.274 e. The topological polar surface area (TPSA) is 48.5 Å². The molecule has 178 valence electrons. The van der Waals surface area contributed by atoms with Gasteiger partial charge in [0, 0.05) is 22.2 Å². The number of fused-ring (bicyclic) bond motifs is 4. The monoisotopic (exact) mass is 491 g/mol. The van der Waals surface area contributed by atoms with Gasteiger partial charge in [-0.1, -0.05) is 65.9 Å². The van der Waals surface area contributed by atoms with E-state index in [2.05, 4.69) is 41.3 Å². The van der Waals surface area contributed by atoms with Gasteiger partial charge in [0.05, 0.1) is 22.1 Å². The second kappa shape index (κ2) is 9.13. The van der Waals surface area contributed by atoms with Crippen molar-refractivity contribution in [1.29, 1.82) is 0 Å². The number of benzene rings is 3. The maximum atomic E-state index is 13.3. The molecule has 0 unspecified atom stereocenters. The van der Waals surface area contributed by atoms with E-state index in [1.807, 2.05) is 66.7 Å². The SMILES string of the molecule is C=CCc1ccccc1OCCn1c(C)c(/C=c2\sc3nc4ccccc4n3c2=O)c2ccccc21. The average Bonchev–Trinajstić information content (AvgIpc) is 3.50. The summed E-state index contributed by atoms with van der Waals surface area (Å²) in [5.41, 5.74) is 6.09. The summed E-state index contributed by atoms with van der Waals surface area (Å²) in [4.78, 5) is 18.7. The molecule has 0 atom stereocenters. The highest BCUT2D eigenvalue weighted by Crippen LogP contribution is 2.27. The summed E-state index contributed by atoms with van der Waals surface area (Å²) in [6.45, 7) is 7.20. The van der Waals surface area contributed by atoms with E-state index in [-0.39, 0.29) is 5.56 Å². The van der Waals surface area contributed by atoms with E-state index in [0.29, 0.717) is 17.7 Å². The molecule has 0 bridgehead atoms. The van der Waals surface area contributed by atoms with Gasteiger partial charge < -0.3 is 9.30 Å². The zero-order valence-electron chi connectivity index (χ0n) is 20.0. The minimum Gasteiger partial charge on any atom is -0.491 e. The summed E-state index contributed by atoms with van der Waals surface area (Å²) < 4.78 is 10.9. The molecule has 3 aromatic carbocycles. The standard InChI is InChI=1S/C30H25N3O2S/c1-3-10-21-11-4-9-16-27(21)35-18-17-32-20(2)23(22-12-5-7-14-25(22)32)19-28-29(34)33-26-15-8-6-13-24(26)31-30(33)36-28/h3-9,11-16,19H,1,10,17-18H2,2H3/b28-19-. The van der Waals surface area contributed by atoms with Crippen molar-refractivity contribution in [2.75, 3.05) is 6.61 Å². The highest BCUT2D eigenvalue weighted by atomic mass is 32.1. The van der Waals surface area contributed by atoms with Crippen LogP contribution in [0.25, 0.3) is 33.0 Å². The molecule has 0 aliphatic heterocycles. The van der Waals surface area contributed by atoms with E-state index < -0.39 is 0 Å². The van der Waals surface area contributed by atoms with Crippen molar-refractivity contribution >= 4 is 44.3 Å². The largest absolute Gasteiger partial charge is 0.491 e. The van der Waals surface area contributed by atoms with Gasteiger partial charge in [-0.05, 0) is 49.2 Å². The van der Waals surface area contributed by atoms with E-state index in [9.17, 15) is 4.79 Å². The maximum absolute atomic E-state index is 13.3. The quantitative estimate of drug-likeness (QED) is 0.276. The number of thiazole rings is 1. The number of allylic oxidation sites excluding steroid dienone is 1. The fourth-order valence-corrected chi connectivity index (χ4v) is 5.86. The first-order valence-electron chi connectivity index (χ1n) is 12.0. The summed E-state index contributed by atoms with van der Waals surface area (Å²) in [6, 6.07) is 24.2. The van der Waals surface area contributed by atoms with Crippen molar-refractivity contribution in [3.8, 4) is 5.75 Å². The van der Waals surface area contributed by atoms with Crippen LogP contribution in [0.3, 0.4) is 0 Å². The predicted molar refractivity (Wildman–Crippen MR) is 148 cm³/mol. The molecule has 5 nitrogen and oxygen atoms in total. The van der Waals surface area contributed by atoms with Crippen molar-refractivity contribution in [2.45, 2.75) is 19.9 Å². The number of imidazole rings is 1. The Kier molecular flexibility index (Phi) is 5.66. The lowest BCUT2D eigenvalue weighted by Gasteiger charge is -2.13. The van der Waals surface area contributed by atoms with Gasteiger partial charge >= 0.3 is 0 Å². The van der Waals surface area contributed by atoms with Crippen LogP contribution in [0.2, 0.25) is 0 Å². The van der Waals surface area contributed by atoms with Gasteiger partial charge in [-0.2, -0.15) is 0 Å². The maximum Gasteiger partial charge on any atom is 0.274 e. The minimum atomic E-state index is -0.0258. The molecule has 36 heavy (non-hydrogen) atoms. The van der Waals surface area contributed by atoms with Crippen LogP contribution in [0.4, 0.5) is 0 Å². The Morgan fingerprint density at radius 2 is 1.75 bits per heavy atom. The van der Waals surface area contributed by atoms with Crippen LogP contribution in [0.15, 0.2) is 90.2 Å². The molecule has 6 heteroatoms. The van der Waals surface area contributed by atoms with E-state index in [4.69, 9.17) is 4.74 Å². The van der Waals surface area contributed by atoms with Crippen molar-refractivity contribution in [1.82, 2.24) is 14.0 Å². The molecule has 6 aromatic rings. The van der Waals surface area contributed by atoms with Gasteiger partial charge in [0.15, 0.2) is 4.96 Å². The van der Waals surface area contributed by atoms with Crippen molar-refractivity contribution in [3.63, 3.8) is 0 Å². The Morgan fingerprint density at radius 1 is 1.00 bits per heavy atom. The molecule has 0 saturated carbocycles. The Balaban J connectivity index is 1.39. The molecule has 3 aromatic heterocycles. The van der Waals surface area contributed by atoms with Crippen LogP contribution in [-0.2, 0) is 13.0 Å². The van der Waals surface area contributed by atoms with Crippen LogP contribution in [0.1, 0.15) is 16.8 Å². The molecule has 0 N–H and O–H groups in total. The van der Waals surface area contributed by atoms with Gasteiger partial charge in [-0.15, -0.1) is 6.58 Å². The van der Waals surface area contributed by atoms with E-state index in [1.165, 1.54) is 11.3 Å². The fraction of sp³-hybridized carbons (Fsp3) is 0.133. The van der Waals surface area contributed by atoms with Crippen LogP contribution in [0, 0.1) is 6.92 Å². The number of para-hydroxylation sites is 4. The summed E-state index contributed by atoms with van der Waals surface area (Å²) in [5.74, 6) is 0.892. The van der Waals surface area contributed by atoms with Gasteiger partial charge in [-0.3, -0.25) is 4.79 Å². The Labute approximate surface area is 212 Å². The molecule has 0 amide bonds. The van der Waals surface area contributed by atoms with Gasteiger partial charge in [-0.25, -0.2) is 9.38 Å². The minimum absolute atomic E-state index is 0.0258. The Morgan fingerprint density at radius 3 is 2.61 bits per heavy atom. The molecule has 0 radical (unpaired) electrons. The predicted octanol–water partition coefficient (Wildman–Crippen LogP) is 5.53. The number of nitrogens with zero attached hydrogens (tertiary/aromatic N) is 3. The molecule has 0 fully saturated rings. The van der Waals surface area contributed by atoms with Crippen LogP contribution < -0.4 is 14.8 Å². The zero-order chi connectivity index (χ0) is 24.6. The molecule has 0 aliphatic carbocycles. The summed E-state index contributed by atoms with van der Waals surface area (Å²) in [5, 5.41) is 1.12. The third kappa shape index (κ3) is 3.71. The van der Waals surface area contributed by atoms with Gasteiger partial charge in [0.2, 0.25) is 0 Å². The Hall–Kier alpha value is -4.16. The normalized spacial score (nSPS) is 12.2. The number of rotatable bonds is 7. The van der Waals surface area contributed by atoms with E-state index in [1.54, 1.807) is 4.40 Å². The molecule has 0 aliphatic rings. The Bertz CT molecular complexity index is 1860. The first-order chi connectivity index (χ1) is 17.7. The van der Waals surface area contributed by atoms with Crippen LogP contribution in [0.5, 0.6) is 5.75 Å². The van der Waals surface area contributed by atoms with Crippen molar-refractivity contribution in [2.24, 2.45) is 0 Å². The molecular weight excluding hydrogens is 466 g/mol. The molecule has 3 heterocycles. The average molecular weight is 492 g/mol. The lowest BCUT2D eigenvalue weighted by molar-refractivity contribution is 0.297. The summed E-state index contributed by atoms with van der Waals surface area (Å²) in [6.07, 6.45) is 4.69. The third-order valence-electron chi connectivity index (χ3n) is 6.61. The second-order valence-corrected chi connectivity index (χ2v) is 9.76. The highest BCUT2D eigenvalue weighted by molar-refractivity contribution is 7.15. The summed E-state index contributed by atoms with van der Waals surface area (Å²) in [7, 11) is 0. The van der Waals surface area contributed by atoms with Gasteiger partial charge in [0.25, 0.3) is 5.56 Å². The van der Waals surface area contributed by atoms with Crippen molar-refractivity contribution in [3.05, 3.63) is 117 Å². The first-order valence-corrected chi connectivity index (χ1v) is 12.8. The lowest BCUT2D eigenvalue weighted by atomic mass is 10.1. The molecule has 0 saturated heterocycles. The lowest BCUT2D eigenvalue weighted by Crippen LogP contribution is -2.22.